The van der Waals surface area contributed by atoms with Crippen LogP contribution in [0.4, 0.5) is 0 Å². The average molecular weight is 400 g/mol. The molecule has 1 heterocycles. The van der Waals surface area contributed by atoms with Gasteiger partial charge in [-0.05, 0) is 29.8 Å². The maximum Gasteiger partial charge on any atom is 0.235 e. The number of aromatic hydroxyl groups is 3. The third-order valence-corrected chi connectivity index (χ3v) is 4.62. The molecule has 0 atom stereocenters. The van der Waals surface area contributed by atoms with E-state index in [2.05, 4.69) is 0 Å². The van der Waals surface area contributed by atoms with Gasteiger partial charge in [0.15, 0.2) is 23.0 Å². The van der Waals surface area contributed by atoms with Gasteiger partial charge in [-0.25, -0.2) is 0 Å². The SMILES string of the molecule is O=C(/C=C/c1ccc(O)c(O)c1)c1cccc2oc(-c3ccccc3)c(O)c(=O)c12. The Labute approximate surface area is 170 Å². The molecule has 0 fully saturated rings. The van der Waals surface area contributed by atoms with Crippen molar-refractivity contribution in [2.45, 2.75) is 0 Å². The minimum absolute atomic E-state index is 0.0158. The zero-order chi connectivity index (χ0) is 21.3. The molecule has 4 rings (SSSR count). The molecule has 3 N–H and O–H groups in total. The molecule has 0 unspecified atom stereocenters. The van der Waals surface area contributed by atoms with Crippen molar-refractivity contribution in [2.24, 2.45) is 0 Å². The fourth-order valence-corrected chi connectivity index (χ4v) is 3.13. The number of phenolic OH excluding ortho intramolecular Hbond substituents is 2. The first-order valence-corrected chi connectivity index (χ1v) is 9.04. The Morgan fingerprint density at radius 2 is 1.63 bits per heavy atom. The molecule has 0 radical (unpaired) electrons. The summed E-state index contributed by atoms with van der Waals surface area (Å²) >= 11 is 0. The molecule has 6 nitrogen and oxygen atoms in total. The third-order valence-electron chi connectivity index (χ3n) is 4.62. The molecular weight excluding hydrogens is 384 g/mol. The van der Waals surface area contributed by atoms with E-state index in [1.807, 2.05) is 0 Å². The molecule has 0 aliphatic rings. The van der Waals surface area contributed by atoms with Crippen molar-refractivity contribution >= 4 is 22.8 Å². The van der Waals surface area contributed by atoms with Gasteiger partial charge in [0.1, 0.15) is 5.58 Å². The molecule has 0 bridgehead atoms. The summed E-state index contributed by atoms with van der Waals surface area (Å²) in [4.78, 5) is 25.6. The molecule has 3 aromatic carbocycles. The standard InChI is InChI=1S/C24H16O6/c25-17(11-9-14-10-12-18(26)19(27)13-14)16-7-4-8-20-21(16)22(28)23(29)24(30-20)15-5-2-1-3-6-15/h1-13,26-27,29H/b11-9+. The molecule has 30 heavy (non-hydrogen) atoms. The quantitative estimate of drug-likeness (QED) is 0.265. The van der Waals surface area contributed by atoms with E-state index in [0.29, 0.717) is 11.1 Å². The molecule has 4 aromatic rings. The molecule has 0 aliphatic carbocycles. The minimum atomic E-state index is -0.699. The van der Waals surface area contributed by atoms with Gasteiger partial charge < -0.3 is 19.7 Å². The number of ketones is 1. The molecular formula is C24H16O6. The van der Waals surface area contributed by atoms with E-state index >= 15 is 0 Å². The zero-order valence-corrected chi connectivity index (χ0v) is 15.6. The smallest absolute Gasteiger partial charge is 0.235 e. The van der Waals surface area contributed by atoms with Crippen molar-refractivity contribution in [1.29, 1.82) is 0 Å². The average Bonchev–Trinajstić information content (AvgIpc) is 2.77. The molecule has 0 aliphatic heterocycles. The molecule has 0 spiro atoms. The third kappa shape index (κ3) is 3.42. The number of rotatable bonds is 4. The fraction of sp³-hybridized carbons (Fsp3) is 0. The van der Waals surface area contributed by atoms with Crippen molar-refractivity contribution in [1.82, 2.24) is 0 Å². The number of phenols is 2. The number of fused-ring (bicyclic) bond motifs is 1. The van der Waals surface area contributed by atoms with Crippen LogP contribution < -0.4 is 5.43 Å². The van der Waals surface area contributed by atoms with E-state index < -0.39 is 17.0 Å². The van der Waals surface area contributed by atoms with Crippen molar-refractivity contribution in [2.75, 3.05) is 0 Å². The van der Waals surface area contributed by atoms with Gasteiger partial charge >= 0.3 is 0 Å². The highest BCUT2D eigenvalue weighted by Crippen LogP contribution is 2.31. The highest BCUT2D eigenvalue weighted by atomic mass is 16.4. The van der Waals surface area contributed by atoms with Gasteiger partial charge in [0.2, 0.25) is 11.2 Å². The van der Waals surface area contributed by atoms with E-state index in [-0.39, 0.29) is 33.8 Å². The van der Waals surface area contributed by atoms with Gasteiger partial charge in [0.05, 0.1) is 5.39 Å². The summed E-state index contributed by atoms with van der Waals surface area (Å²) in [6.07, 6.45) is 2.68. The maximum absolute atomic E-state index is 12.9. The summed E-state index contributed by atoms with van der Waals surface area (Å²) in [5.74, 6) is -1.59. The van der Waals surface area contributed by atoms with Crippen LogP contribution in [0.25, 0.3) is 28.4 Å². The van der Waals surface area contributed by atoms with Crippen molar-refractivity contribution in [3.05, 3.63) is 94.2 Å². The second-order valence-corrected chi connectivity index (χ2v) is 6.60. The number of allylic oxidation sites excluding steroid dienone is 1. The topological polar surface area (TPSA) is 108 Å². The lowest BCUT2D eigenvalue weighted by Gasteiger charge is -2.08. The maximum atomic E-state index is 12.9. The Kier molecular flexibility index (Phi) is 4.82. The van der Waals surface area contributed by atoms with Crippen LogP contribution in [0, 0.1) is 0 Å². The number of carbonyl (C=O) groups is 1. The van der Waals surface area contributed by atoms with Crippen LogP contribution in [0.3, 0.4) is 0 Å². The lowest BCUT2D eigenvalue weighted by atomic mass is 10.0. The number of hydrogen-bond donors (Lipinski definition) is 3. The number of hydrogen-bond acceptors (Lipinski definition) is 6. The molecule has 0 saturated carbocycles. The van der Waals surface area contributed by atoms with Crippen LogP contribution in [0.1, 0.15) is 15.9 Å². The second kappa shape index (κ2) is 7.60. The Morgan fingerprint density at radius 1 is 0.867 bits per heavy atom. The lowest BCUT2D eigenvalue weighted by molar-refractivity contribution is 0.104. The van der Waals surface area contributed by atoms with Gasteiger partial charge in [-0.15, -0.1) is 0 Å². The highest BCUT2D eigenvalue weighted by molar-refractivity contribution is 6.14. The summed E-state index contributed by atoms with van der Waals surface area (Å²) in [5, 5.41) is 29.3. The van der Waals surface area contributed by atoms with E-state index in [1.165, 1.54) is 36.4 Å². The number of benzene rings is 3. The van der Waals surface area contributed by atoms with Crippen LogP contribution >= 0.6 is 0 Å². The monoisotopic (exact) mass is 400 g/mol. The van der Waals surface area contributed by atoms with Gasteiger partial charge in [0, 0.05) is 11.1 Å². The van der Waals surface area contributed by atoms with Crippen LogP contribution in [0.2, 0.25) is 0 Å². The van der Waals surface area contributed by atoms with Crippen molar-refractivity contribution in [3.8, 4) is 28.6 Å². The zero-order valence-electron chi connectivity index (χ0n) is 15.6. The normalized spacial score (nSPS) is 11.2. The summed E-state index contributed by atoms with van der Waals surface area (Å²) in [6.45, 7) is 0. The first-order chi connectivity index (χ1) is 14.5. The molecule has 0 amide bonds. The summed E-state index contributed by atoms with van der Waals surface area (Å²) in [5.41, 5.74) is 0.584. The van der Waals surface area contributed by atoms with Gasteiger partial charge in [-0.2, -0.15) is 0 Å². The molecule has 0 saturated heterocycles. The van der Waals surface area contributed by atoms with E-state index in [1.54, 1.807) is 42.5 Å². The van der Waals surface area contributed by atoms with Crippen molar-refractivity contribution in [3.63, 3.8) is 0 Å². The van der Waals surface area contributed by atoms with Crippen molar-refractivity contribution < 1.29 is 24.5 Å². The summed E-state index contributed by atoms with van der Waals surface area (Å²) < 4.78 is 5.75. The Balaban J connectivity index is 1.79. The summed E-state index contributed by atoms with van der Waals surface area (Å²) in [7, 11) is 0. The van der Waals surface area contributed by atoms with E-state index in [4.69, 9.17) is 4.42 Å². The first kappa shape index (κ1) is 19.0. The molecule has 148 valence electrons. The molecule has 6 heteroatoms. The predicted molar refractivity (Wildman–Crippen MR) is 113 cm³/mol. The van der Waals surface area contributed by atoms with Crippen LogP contribution in [0.15, 0.2) is 82.0 Å². The van der Waals surface area contributed by atoms with Gasteiger partial charge in [0.25, 0.3) is 0 Å². The van der Waals surface area contributed by atoms with Crippen LogP contribution in [-0.4, -0.2) is 21.1 Å². The lowest BCUT2D eigenvalue weighted by Crippen LogP contribution is -2.08. The summed E-state index contributed by atoms with van der Waals surface area (Å²) in [6, 6.07) is 17.5. The van der Waals surface area contributed by atoms with Gasteiger partial charge in [-0.3, -0.25) is 9.59 Å². The molecule has 1 aromatic heterocycles. The fourth-order valence-electron chi connectivity index (χ4n) is 3.13. The number of carbonyl (C=O) groups excluding carboxylic acids is 1. The Hall–Kier alpha value is -4.32. The van der Waals surface area contributed by atoms with Gasteiger partial charge in [-0.1, -0.05) is 54.6 Å². The minimum Gasteiger partial charge on any atom is -0.504 e. The Bertz CT molecular complexity index is 1350. The highest BCUT2D eigenvalue weighted by Gasteiger charge is 2.19. The van der Waals surface area contributed by atoms with E-state index in [0.717, 1.165) is 0 Å². The van der Waals surface area contributed by atoms with Crippen LogP contribution in [-0.2, 0) is 0 Å². The first-order valence-electron chi connectivity index (χ1n) is 9.04. The van der Waals surface area contributed by atoms with E-state index in [9.17, 15) is 24.9 Å². The largest absolute Gasteiger partial charge is 0.504 e. The Morgan fingerprint density at radius 3 is 2.37 bits per heavy atom. The predicted octanol–water partition coefficient (Wildman–Crippen LogP) is 4.47. The second-order valence-electron chi connectivity index (χ2n) is 6.60. The van der Waals surface area contributed by atoms with Crippen LogP contribution in [0.5, 0.6) is 17.2 Å².